The topological polar surface area (TPSA) is 45.0 Å². The molecule has 0 heterocycles. The maximum Gasteiger partial charge on any atom is 0.213 e. The number of nitrogens with zero attached hydrogens (tertiary/aromatic N) is 3. The number of anilines is 1. The molecule has 4 heteroatoms. The van der Waals surface area contributed by atoms with E-state index in [9.17, 15) is 4.79 Å². The summed E-state index contributed by atoms with van der Waals surface area (Å²) in [6, 6.07) is 26.5. The molecule has 0 spiro atoms. The maximum atomic E-state index is 12.9. The first kappa shape index (κ1) is 18.3. The Kier molecular flexibility index (Phi) is 5.90. The third-order valence-corrected chi connectivity index (χ3v) is 4.07. The number of hydrogen-bond acceptors (Lipinski definition) is 4. The van der Waals surface area contributed by atoms with Crippen LogP contribution in [0.2, 0.25) is 0 Å². The van der Waals surface area contributed by atoms with Crippen molar-refractivity contribution in [1.29, 1.82) is 0 Å². The molecular weight excluding hydrogens is 334 g/mol. The van der Waals surface area contributed by atoms with Crippen LogP contribution >= 0.6 is 0 Å². The summed E-state index contributed by atoms with van der Waals surface area (Å²) in [6.07, 6.45) is 1.65. The van der Waals surface area contributed by atoms with Gasteiger partial charge in [-0.05, 0) is 17.7 Å². The molecule has 4 nitrogen and oxygen atoms in total. The first-order valence-electron chi connectivity index (χ1n) is 8.69. The van der Waals surface area contributed by atoms with Crippen LogP contribution in [0.25, 0.3) is 0 Å². The number of ketones is 1. The predicted octanol–water partition coefficient (Wildman–Crippen LogP) is 4.46. The van der Waals surface area contributed by atoms with E-state index < -0.39 is 0 Å². The number of carbonyl (C=O) groups excluding carboxylic acids is 1. The zero-order valence-corrected chi connectivity index (χ0v) is 15.4. The molecule has 0 fully saturated rings. The Labute approximate surface area is 159 Å². The van der Waals surface area contributed by atoms with E-state index >= 15 is 0 Å². The highest BCUT2D eigenvalue weighted by molar-refractivity contribution is 6.51. The zero-order valence-electron chi connectivity index (χ0n) is 15.4. The largest absolute Gasteiger partial charge is 0.378 e. The molecule has 0 aliphatic rings. The molecule has 0 amide bonds. The Morgan fingerprint density at radius 2 is 1.33 bits per heavy atom. The lowest BCUT2D eigenvalue weighted by atomic mass is 10.0. The van der Waals surface area contributed by atoms with Gasteiger partial charge in [-0.15, -0.1) is 5.10 Å². The number of Topliss-reactive ketones (excluding diaryl/α,β-unsaturated/α-hetero) is 1. The predicted molar refractivity (Wildman–Crippen MR) is 112 cm³/mol. The van der Waals surface area contributed by atoms with E-state index in [-0.39, 0.29) is 5.78 Å². The quantitative estimate of drug-likeness (QED) is 0.372. The molecule has 3 aromatic carbocycles. The van der Waals surface area contributed by atoms with Gasteiger partial charge < -0.3 is 4.90 Å². The van der Waals surface area contributed by atoms with Crippen molar-refractivity contribution in [1.82, 2.24) is 0 Å². The average molecular weight is 355 g/mol. The molecule has 0 saturated heterocycles. The number of benzene rings is 3. The molecule has 0 unspecified atom stereocenters. The second-order valence-electron chi connectivity index (χ2n) is 6.24. The summed E-state index contributed by atoms with van der Waals surface area (Å²) < 4.78 is 0. The van der Waals surface area contributed by atoms with E-state index in [1.54, 1.807) is 18.3 Å². The van der Waals surface area contributed by atoms with Gasteiger partial charge in [-0.3, -0.25) is 4.79 Å². The van der Waals surface area contributed by atoms with Crippen molar-refractivity contribution < 1.29 is 4.79 Å². The van der Waals surface area contributed by atoms with Crippen LogP contribution in [0, 0.1) is 0 Å². The van der Waals surface area contributed by atoms with Crippen LogP contribution in [0.4, 0.5) is 5.69 Å². The second kappa shape index (κ2) is 8.72. The van der Waals surface area contributed by atoms with Crippen molar-refractivity contribution in [3.8, 4) is 0 Å². The van der Waals surface area contributed by atoms with E-state index in [4.69, 9.17) is 0 Å². The monoisotopic (exact) mass is 355 g/mol. The third kappa shape index (κ3) is 4.76. The van der Waals surface area contributed by atoms with Gasteiger partial charge in [-0.1, -0.05) is 72.8 Å². The Morgan fingerprint density at radius 3 is 1.89 bits per heavy atom. The fourth-order valence-corrected chi connectivity index (χ4v) is 2.57. The minimum atomic E-state index is -0.151. The van der Waals surface area contributed by atoms with E-state index in [1.807, 2.05) is 91.8 Å². The Balaban J connectivity index is 1.89. The first-order valence-corrected chi connectivity index (χ1v) is 8.69. The maximum absolute atomic E-state index is 12.9. The van der Waals surface area contributed by atoms with E-state index in [0.29, 0.717) is 11.3 Å². The normalized spacial score (nSPS) is 11.6. The Morgan fingerprint density at radius 1 is 0.778 bits per heavy atom. The van der Waals surface area contributed by atoms with Gasteiger partial charge >= 0.3 is 0 Å². The van der Waals surface area contributed by atoms with E-state index in [2.05, 4.69) is 10.2 Å². The van der Waals surface area contributed by atoms with Crippen molar-refractivity contribution in [3.63, 3.8) is 0 Å². The van der Waals surface area contributed by atoms with Crippen LogP contribution in [0.3, 0.4) is 0 Å². The first-order chi connectivity index (χ1) is 13.1. The molecule has 0 radical (unpaired) electrons. The van der Waals surface area contributed by atoms with Crippen LogP contribution in [0.15, 0.2) is 95.1 Å². The molecule has 0 aliphatic heterocycles. The van der Waals surface area contributed by atoms with Gasteiger partial charge in [0.2, 0.25) is 5.78 Å². The number of carbonyl (C=O) groups is 1. The molecular formula is C23H21N3O. The number of hydrogen-bond donors (Lipinski definition) is 0. The van der Waals surface area contributed by atoms with Crippen molar-refractivity contribution in [2.45, 2.75) is 0 Å². The minimum Gasteiger partial charge on any atom is -0.378 e. The Hall–Kier alpha value is -3.53. The third-order valence-electron chi connectivity index (χ3n) is 4.07. The molecule has 0 N–H and O–H groups in total. The molecule has 0 atom stereocenters. The van der Waals surface area contributed by atoms with Crippen LogP contribution in [-0.2, 0) is 0 Å². The Bertz CT molecular complexity index is 944. The fraction of sp³-hybridized carbons (Fsp3) is 0.0870. The summed E-state index contributed by atoms with van der Waals surface area (Å²) in [5.74, 6) is -0.151. The van der Waals surface area contributed by atoms with Gasteiger partial charge in [0.25, 0.3) is 0 Å². The van der Waals surface area contributed by atoms with Gasteiger partial charge in [-0.25, -0.2) is 0 Å². The summed E-state index contributed by atoms with van der Waals surface area (Å²) in [5.41, 5.74) is 3.68. The van der Waals surface area contributed by atoms with Crippen molar-refractivity contribution in [2.24, 2.45) is 10.2 Å². The summed E-state index contributed by atoms with van der Waals surface area (Å²) >= 11 is 0. The smallest absolute Gasteiger partial charge is 0.213 e. The van der Waals surface area contributed by atoms with Gasteiger partial charge in [-0.2, -0.15) is 5.10 Å². The number of rotatable bonds is 6. The standard InChI is InChI=1S/C23H21N3O/c1-26(2)21-15-13-18(14-16-21)17-24-25-22(19-9-5-3-6-10-19)23(27)20-11-7-4-8-12-20/h3-17H,1-2H3/b24-17-,25-22-. The molecule has 3 aromatic rings. The van der Waals surface area contributed by atoms with E-state index in [0.717, 1.165) is 16.8 Å². The highest BCUT2D eigenvalue weighted by Gasteiger charge is 2.15. The minimum absolute atomic E-state index is 0.151. The molecule has 0 bridgehead atoms. The van der Waals surface area contributed by atoms with Crippen LogP contribution in [-0.4, -0.2) is 31.8 Å². The SMILES string of the molecule is CN(C)c1ccc(/C=N\N=C(/C(=O)c2ccccc2)c2ccccc2)cc1. The van der Waals surface area contributed by atoms with Crippen molar-refractivity contribution in [2.75, 3.05) is 19.0 Å². The molecule has 3 rings (SSSR count). The molecule has 134 valence electrons. The zero-order chi connectivity index (χ0) is 19.1. The lowest BCUT2D eigenvalue weighted by Crippen LogP contribution is -2.15. The van der Waals surface area contributed by atoms with Gasteiger partial charge in [0.1, 0.15) is 5.71 Å². The fourth-order valence-electron chi connectivity index (χ4n) is 2.57. The highest BCUT2D eigenvalue weighted by atomic mass is 16.1. The van der Waals surface area contributed by atoms with Gasteiger partial charge in [0.05, 0.1) is 6.21 Å². The summed E-state index contributed by atoms with van der Waals surface area (Å²) in [4.78, 5) is 14.9. The van der Waals surface area contributed by atoms with Crippen LogP contribution < -0.4 is 4.90 Å². The van der Waals surface area contributed by atoms with E-state index in [1.165, 1.54) is 0 Å². The van der Waals surface area contributed by atoms with Gasteiger partial charge in [0, 0.05) is 30.9 Å². The summed E-state index contributed by atoms with van der Waals surface area (Å²) in [6.45, 7) is 0. The van der Waals surface area contributed by atoms with Crippen molar-refractivity contribution in [3.05, 3.63) is 102 Å². The lowest BCUT2D eigenvalue weighted by molar-refractivity contribution is 0.106. The lowest BCUT2D eigenvalue weighted by Gasteiger charge is -2.11. The molecule has 0 aliphatic carbocycles. The summed E-state index contributed by atoms with van der Waals surface area (Å²) in [5, 5.41) is 8.42. The van der Waals surface area contributed by atoms with Crippen LogP contribution in [0.5, 0.6) is 0 Å². The van der Waals surface area contributed by atoms with Crippen LogP contribution in [0.1, 0.15) is 21.5 Å². The van der Waals surface area contributed by atoms with Crippen molar-refractivity contribution >= 4 is 23.4 Å². The highest BCUT2D eigenvalue weighted by Crippen LogP contribution is 2.12. The average Bonchev–Trinajstić information content (AvgIpc) is 2.72. The molecule has 27 heavy (non-hydrogen) atoms. The van der Waals surface area contributed by atoms with Gasteiger partial charge in [0.15, 0.2) is 0 Å². The molecule has 0 aromatic heterocycles. The summed E-state index contributed by atoms with van der Waals surface area (Å²) in [7, 11) is 3.99. The second-order valence-corrected chi connectivity index (χ2v) is 6.24. The molecule has 0 saturated carbocycles.